The largest absolute Gasteiger partial charge is 0.507 e. The fourth-order valence-corrected chi connectivity index (χ4v) is 5.16. The number of ketones is 1. The number of hydrogen-bond acceptors (Lipinski definition) is 8. The van der Waals surface area contributed by atoms with Crippen molar-refractivity contribution in [1.29, 1.82) is 0 Å². The molecule has 2 aromatic carbocycles. The molecule has 2 heterocycles. The van der Waals surface area contributed by atoms with Gasteiger partial charge in [-0.25, -0.2) is 0 Å². The zero-order valence-electron chi connectivity index (χ0n) is 23.8. The number of ether oxygens (including phenoxy) is 4. The highest BCUT2D eigenvalue weighted by molar-refractivity contribution is 6.46. The number of nitrogens with zero attached hydrogens (tertiary/aromatic N) is 2. The summed E-state index contributed by atoms with van der Waals surface area (Å²) in [5, 5.41) is 11.6. The molecule has 2 saturated heterocycles. The number of amides is 1. The number of benzene rings is 2. The van der Waals surface area contributed by atoms with Gasteiger partial charge in [0, 0.05) is 31.7 Å². The monoisotopic (exact) mass is 562 g/mol. The van der Waals surface area contributed by atoms with E-state index >= 15 is 0 Å². The first-order valence-corrected chi connectivity index (χ1v) is 13.7. The Morgan fingerprint density at radius 3 is 2.44 bits per heavy atom. The van der Waals surface area contributed by atoms with E-state index in [9.17, 15) is 14.7 Å². The predicted octanol–water partition coefficient (Wildman–Crippen LogP) is 4.28. The molecular weight excluding hydrogens is 524 g/mol. The van der Waals surface area contributed by atoms with Crippen LogP contribution >= 0.6 is 0 Å². The average molecular weight is 563 g/mol. The molecule has 0 radical (unpaired) electrons. The SMILES string of the molecule is C=CCOc1ccc(/C(O)=C2\C(=O)C(=O)N(CCCN3CCOCC3)C2c2ccc(OCC=C)c(OC)c2)c(C)c1. The van der Waals surface area contributed by atoms with Gasteiger partial charge in [0.1, 0.15) is 24.7 Å². The Labute approximate surface area is 241 Å². The first kappa shape index (κ1) is 29.9. The van der Waals surface area contributed by atoms with Gasteiger partial charge in [-0.15, -0.1) is 0 Å². The minimum absolute atomic E-state index is 0.0334. The Kier molecular flexibility index (Phi) is 10.2. The standard InChI is InChI=1S/C32H38N2O7/c1-5-16-40-24-9-10-25(22(3)20-24)30(35)28-29(23-8-11-26(41-17-6-2)27(21-23)38-4)34(32(37)31(28)36)13-7-12-33-14-18-39-19-15-33/h5-6,8-11,20-21,29,35H,1-2,7,12-19H2,3-4H3/b30-28+. The maximum atomic E-state index is 13.5. The smallest absolute Gasteiger partial charge is 0.295 e. The Morgan fingerprint density at radius 1 is 1.02 bits per heavy atom. The maximum Gasteiger partial charge on any atom is 0.295 e. The molecule has 2 aromatic rings. The van der Waals surface area contributed by atoms with Gasteiger partial charge in [0.15, 0.2) is 11.5 Å². The zero-order valence-corrected chi connectivity index (χ0v) is 23.8. The summed E-state index contributed by atoms with van der Waals surface area (Å²) < 4.78 is 22.3. The van der Waals surface area contributed by atoms with Crippen molar-refractivity contribution in [3.63, 3.8) is 0 Å². The van der Waals surface area contributed by atoms with Crippen LogP contribution < -0.4 is 14.2 Å². The third-order valence-corrected chi connectivity index (χ3v) is 7.20. The third kappa shape index (κ3) is 6.81. The number of hydrogen-bond donors (Lipinski definition) is 1. The summed E-state index contributed by atoms with van der Waals surface area (Å²) in [7, 11) is 1.53. The third-order valence-electron chi connectivity index (χ3n) is 7.20. The number of carbonyl (C=O) groups excluding carboxylic acids is 2. The van der Waals surface area contributed by atoms with Crippen LogP contribution in [-0.4, -0.2) is 86.3 Å². The summed E-state index contributed by atoms with van der Waals surface area (Å²) in [6.45, 7) is 13.9. The van der Waals surface area contributed by atoms with Gasteiger partial charge in [-0.05, 0) is 54.8 Å². The molecule has 0 bridgehead atoms. The number of carbonyl (C=O) groups is 2. The molecule has 218 valence electrons. The summed E-state index contributed by atoms with van der Waals surface area (Å²) in [5.41, 5.74) is 1.81. The Hall–Kier alpha value is -4.08. The van der Waals surface area contributed by atoms with E-state index in [1.165, 1.54) is 7.11 Å². The lowest BCUT2D eigenvalue weighted by Crippen LogP contribution is -2.39. The summed E-state index contributed by atoms with van der Waals surface area (Å²) in [5.74, 6) is -0.0412. The molecule has 1 amide bonds. The van der Waals surface area contributed by atoms with Crippen LogP contribution in [0.5, 0.6) is 17.2 Å². The molecule has 4 rings (SSSR count). The molecule has 2 aliphatic rings. The molecule has 1 unspecified atom stereocenters. The van der Waals surface area contributed by atoms with Crippen LogP contribution in [0.15, 0.2) is 67.3 Å². The van der Waals surface area contributed by atoms with E-state index in [1.54, 1.807) is 53.5 Å². The summed E-state index contributed by atoms with van der Waals surface area (Å²) in [6.07, 6.45) is 3.94. The molecule has 0 aliphatic carbocycles. The van der Waals surface area contributed by atoms with Crippen molar-refractivity contribution in [2.75, 3.05) is 59.7 Å². The minimum Gasteiger partial charge on any atom is -0.507 e. The van der Waals surface area contributed by atoms with E-state index < -0.39 is 17.7 Å². The molecular formula is C32H38N2O7. The molecule has 0 saturated carbocycles. The van der Waals surface area contributed by atoms with Crippen LogP contribution in [0, 0.1) is 6.92 Å². The molecule has 0 aromatic heterocycles. The number of rotatable bonds is 13. The number of morpholine rings is 1. The Morgan fingerprint density at radius 2 is 1.76 bits per heavy atom. The van der Waals surface area contributed by atoms with Crippen LogP contribution in [0.1, 0.15) is 29.2 Å². The van der Waals surface area contributed by atoms with E-state index in [1.807, 2.05) is 6.92 Å². The van der Waals surface area contributed by atoms with Gasteiger partial charge in [0.05, 0.1) is 31.9 Å². The van der Waals surface area contributed by atoms with Gasteiger partial charge in [-0.1, -0.05) is 31.4 Å². The predicted molar refractivity (Wildman–Crippen MR) is 156 cm³/mol. The van der Waals surface area contributed by atoms with E-state index in [0.29, 0.717) is 73.3 Å². The number of aliphatic hydroxyl groups is 1. The summed E-state index contributed by atoms with van der Waals surface area (Å²) in [6, 6.07) is 9.66. The lowest BCUT2D eigenvalue weighted by molar-refractivity contribution is -0.140. The minimum atomic E-state index is -0.807. The van der Waals surface area contributed by atoms with Crippen molar-refractivity contribution >= 4 is 17.4 Å². The highest BCUT2D eigenvalue weighted by Gasteiger charge is 2.46. The second-order valence-corrected chi connectivity index (χ2v) is 9.89. The second-order valence-electron chi connectivity index (χ2n) is 9.89. The summed E-state index contributed by atoms with van der Waals surface area (Å²) in [4.78, 5) is 30.8. The topological polar surface area (TPSA) is 97.8 Å². The van der Waals surface area contributed by atoms with Crippen LogP contribution in [-0.2, 0) is 14.3 Å². The van der Waals surface area contributed by atoms with Crippen molar-refractivity contribution in [2.24, 2.45) is 0 Å². The normalized spacial score (nSPS) is 18.8. The molecule has 41 heavy (non-hydrogen) atoms. The Balaban J connectivity index is 1.73. The average Bonchev–Trinajstić information content (AvgIpc) is 3.24. The molecule has 1 N–H and O–H groups in total. The lowest BCUT2D eigenvalue weighted by atomic mass is 9.93. The van der Waals surface area contributed by atoms with Crippen molar-refractivity contribution in [1.82, 2.24) is 9.80 Å². The molecule has 9 heteroatoms. The highest BCUT2D eigenvalue weighted by Crippen LogP contribution is 2.42. The van der Waals surface area contributed by atoms with E-state index in [2.05, 4.69) is 18.1 Å². The Bertz CT molecular complexity index is 1310. The van der Waals surface area contributed by atoms with Gasteiger partial charge in [0.25, 0.3) is 11.7 Å². The van der Waals surface area contributed by atoms with Gasteiger partial charge >= 0.3 is 0 Å². The number of likely N-dealkylation sites (tertiary alicyclic amines) is 1. The molecule has 2 aliphatic heterocycles. The fraction of sp³-hybridized carbons (Fsp3) is 0.375. The molecule has 9 nitrogen and oxygen atoms in total. The van der Waals surface area contributed by atoms with Crippen LogP contribution in [0.25, 0.3) is 5.76 Å². The number of Topliss-reactive ketones (excluding diaryl/α,β-unsaturated/α-hetero) is 1. The fourth-order valence-electron chi connectivity index (χ4n) is 5.16. The van der Waals surface area contributed by atoms with E-state index in [0.717, 1.165) is 19.6 Å². The van der Waals surface area contributed by atoms with E-state index in [4.69, 9.17) is 18.9 Å². The van der Waals surface area contributed by atoms with Crippen LogP contribution in [0.2, 0.25) is 0 Å². The molecule has 1 atom stereocenters. The lowest BCUT2D eigenvalue weighted by Gasteiger charge is -2.29. The maximum absolute atomic E-state index is 13.5. The van der Waals surface area contributed by atoms with Crippen molar-refractivity contribution in [3.8, 4) is 17.2 Å². The van der Waals surface area contributed by atoms with Crippen LogP contribution in [0.3, 0.4) is 0 Å². The van der Waals surface area contributed by atoms with Crippen molar-refractivity contribution in [3.05, 3.63) is 84.0 Å². The van der Waals surface area contributed by atoms with E-state index in [-0.39, 0.29) is 11.3 Å². The summed E-state index contributed by atoms with van der Waals surface area (Å²) >= 11 is 0. The quantitative estimate of drug-likeness (QED) is 0.167. The molecule has 0 spiro atoms. The van der Waals surface area contributed by atoms with Gasteiger partial charge in [0.2, 0.25) is 0 Å². The van der Waals surface area contributed by atoms with Gasteiger partial charge in [-0.2, -0.15) is 0 Å². The zero-order chi connectivity index (χ0) is 29.4. The molecule has 2 fully saturated rings. The number of methoxy groups -OCH3 is 1. The van der Waals surface area contributed by atoms with Gasteiger partial charge in [-0.3, -0.25) is 14.5 Å². The van der Waals surface area contributed by atoms with Gasteiger partial charge < -0.3 is 29.0 Å². The van der Waals surface area contributed by atoms with Crippen molar-refractivity contribution < 1.29 is 33.6 Å². The first-order chi connectivity index (χ1) is 19.9. The second kappa shape index (κ2) is 14.0. The van der Waals surface area contributed by atoms with Crippen molar-refractivity contribution in [2.45, 2.75) is 19.4 Å². The number of aryl methyl sites for hydroxylation is 1. The highest BCUT2D eigenvalue weighted by atomic mass is 16.5. The number of aliphatic hydroxyl groups excluding tert-OH is 1. The van der Waals surface area contributed by atoms with Crippen LogP contribution in [0.4, 0.5) is 0 Å². The first-order valence-electron chi connectivity index (χ1n) is 13.7.